The van der Waals surface area contributed by atoms with Gasteiger partial charge in [-0.2, -0.15) is 0 Å². The molecular weight excluding hydrogens is 252 g/mol. The van der Waals surface area contributed by atoms with Crippen LogP contribution in [0.15, 0.2) is 0 Å². The molecule has 1 aromatic heterocycles. The smallest absolute Gasteiger partial charge is 0.135 e. The van der Waals surface area contributed by atoms with Gasteiger partial charge in [-0.1, -0.05) is 13.8 Å². The lowest BCUT2D eigenvalue weighted by atomic mass is 10.1. The van der Waals surface area contributed by atoms with Crippen molar-refractivity contribution in [2.45, 2.75) is 39.5 Å². The number of rotatable bonds is 6. The summed E-state index contributed by atoms with van der Waals surface area (Å²) >= 11 is 0. The van der Waals surface area contributed by atoms with E-state index in [-0.39, 0.29) is 0 Å². The molecule has 1 aliphatic heterocycles. The fraction of sp³-hybridized carbons (Fsp3) is 0.733. The molecule has 112 valence electrons. The Kier molecular flexibility index (Phi) is 5.17. The summed E-state index contributed by atoms with van der Waals surface area (Å²) in [4.78, 5) is 9.21. The van der Waals surface area contributed by atoms with E-state index >= 15 is 0 Å². The maximum Gasteiger partial charge on any atom is 0.135 e. The number of aromatic nitrogens is 2. The highest BCUT2D eigenvalue weighted by molar-refractivity contribution is 5.57. The van der Waals surface area contributed by atoms with Crippen molar-refractivity contribution in [1.29, 1.82) is 0 Å². The molecule has 1 saturated heterocycles. The molecule has 1 aliphatic rings. The largest absolute Gasteiger partial charge is 0.381 e. The first-order chi connectivity index (χ1) is 9.61. The maximum absolute atomic E-state index is 5.41. The fourth-order valence-corrected chi connectivity index (χ4v) is 2.41. The van der Waals surface area contributed by atoms with E-state index in [2.05, 4.69) is 41.4 Å². The van der Waals surface area contributed by atoms with E-state index in [9.17, 15) is 0 Å². The zero-order chi connectivity index (χ0) is 14.5. The van der Waals surface area contributed by atoms with E-state index < -0.39 is 0 Å². The summed E-state index contributed by atoms with van der Waals surface area (Å²) in [6, 6.07) is 0. The van der Waals surface area contributed by atoms with Gasteiger partial charge in [0.2, 0.25) is 0 Å². The molecular formula is C15H26N4O. The molecule has 1 unspecified atom stereocenters. The van der Waals surface area contributed by atoms with E-state index in [1.54, 1.807) is 0 Å². The third-order valence-electron chi connectivity index (χ3n) is 3.79. The van der Waals surface area contributed by atoms with Crippen molar-refractivity contribution in [1.82, 2.24) is 9.97 Å². The van der Waals surface area contributed by atoms with Crippen LogP contribution in [0, 0.1) is 12.8 Å². The van der Waals surface area contributed by atoms with Gasteiger partial charge < -0.3 is 15.4 Å². The first-order valence-corrected chi connectivity index (χ1v) is 7.49. The van der Waals surface area contributed by atoms with Gasteiger partial charge in [-0.15, -0.1) is 0 Å². The van der Waals surface area contributed by atoms with Crippen LogP contribution >= 0.6 is 0 Å². The molecule has 0 spiro atoms. The minimum atomic E-state index is 0.325. The third kappa shape index (κ3) is 3.60. The second-order valence-electron chi connectivity index (χ2n) is 5.75. The number of hydrogen-bond acceptors (Lipinski definition) is 5. The van der Waals surface area contributed by atoms with Crippen molar-refractivity contribution < 1.29 is 4.74 Å². The van der Waals surface area contributed by atoms with E-state index in [0.717, 1.165) is 49.2 Å². The summed E-state index contributed by atoms with van der Waals surface area (Å²) < 4.78 is 5.41. The first-order valence-electron chi connectivity index (χ1n) is 7.49. The van der Waals surface area contributed by atoms with Crippen LogP contribution in [0.5, 0.6) is 0 Å². The zero-order valence-electron chi connectivity index (χ0n) is 13.0. The highest BCUT2D eigenvalue weighted by Crippen LogP contribution is 2.23. The average Bonchev–Trinajstić information content (AvgIpc) is 2.93. The maximum atomic E-state index is 5.41. The van der Waals surface area contributed by atoms with E-state index in [0.29, 0.717) is 11.8 Å². The molecule has 5 nitrogen and oxygen atoms in total. The van der Waals surface area contributed by atoms with Crippen LogP contribution in [0.25, 0.3) is 0 Å². The van der Waals surface area contributed by atoms with Crippen LogP contribution < -0.4 is 10.6 Å². The van der Waals surface area contributed by atoms with Gasteiger partial charge in [0.15, 0.2) is 0 Å². The van der Waals surface area contributed by atoms with Gasteiger partial charge in [0.25, 0.3) is 0 Å². The average molecular weight is 278 g/mol. The number of hydrogen-bond donors (Lipinski definition) is 2. The number of nitrogens with zero attached hydrogens (tertiary/aromatic N) is 2. The monoisotopic (exact) mass is 278 g/mol. The lowest BCUT2D eigenvalue weighted by Gasteiger charge is -2.16. The molecule has 1 atom stereocenters. The Morgan fingerprint density at radius 1 is 1.30 bits per heavy atom. The normalized spacial score (nSPS) is 18.6. The quantitative estimate of drug-likeness (QED) is 0.838. The summed E-state index contributed by atoms with van der Waals surface area (Å²) in [5, 5.41) is 6.61. The van der Waals surface area contributed by atoms with Crippen LogP contribution in [0.2, 0.25) is 0 Å². The number of anilines is 2. The second-order valence-corrected chi connectivity index (χ2v) is 5.75. The van der Waals surface area contributed by atoms with Crippen LogP contribution in [-0.4, -0.2) is 36.8 Å². The standard InChI is InChI=1S/C15H26N4O/c1-10(2)13-18-14(16-4)11(3)15(19-13)17-7-5-12-6-8-20-9-12/h10,12H,5-9H2,1-4H3,(H2,16,17,18,19). The van der Waals surface area contributed by atoms with Gasteiger partial charge in [0.1, 0.15) is 17.5 Å². The lowest BCUT2D eigenvalue weighted by Crippen LogP contribution is -2.14. The molecule has 0 amide bonds. The summed E-state index contributed by atoms with van der Waals surface area (Å²) in [6.45, 7) is 9.04. The van der Waals surface area contributed by atoms with Gasteiger partial charge in [-0.05, 0) is 25.7 Å². The molecule has 0 aromatic carbocycles. The van der Waals surface area contributed by atoms with Crippen molar-refractivity contribution in [2.75, 3.05) is 37.4 Å². The molecule has 1 aromatic rings. The molecule has 1 fully saturated rings. The SMILES string of the molecule is CNc1nc(C(C)C)nc(NCCC2CCOC2)c1C. The molecule has 20 heavy (non-hydrogen) atoms. The summed E-state index contributed by atoms with van der Waals surface area (Å²) in [7, 11) is 1.90. The molecule has 0 bridgehead atoms. The van der Waals surface area contributed by atoms with Gasteiger partial charge in [0.05, 0.1) is 0 Å². The predicted octanol–water partition coefficient (Wildman–Crippen LogP) is 2.79. The third-order valence-corrected chi connectivity index (χ3v) is 3.79. The molecule has 2 heterocycles. The van der Waals surface area contributed by atoms with E-state index in [1.165, 1.54) is 6.42 Å². The van der Waals surface area contributed by atoms with Crippen molar-refractivity contribution in [3.63, 3.8) is 0 Å². The van der Waals surface area contributed by atoms with Crippen LogP contribution in [0.3, 0.4) is 0 Å². The molecule has 2 rings (SSSR count). The van der Waals surface area contributed by atoms with Crippen molar-refractivity contribution in [3.8, 4) is 0 Å². The summed E-state index contributed by atoms with van der Waals surface area (Å²) in [5.41, 5.74) is 1.08. The van der Waals surface area contributed by atoms with Gasteiger partial charge >= 0.3 is 0 Å². The van der Waals surface area contributed by atoms with E-state index in [4.69, 9.17) is 4.74 Å². The Morgan fingerprint density at radius 2 is 2.05 bits per heavy atom. The summed E-state index contributed by atoms with van der Waals surface area (Å²) in [5.74, 6) is 3.76. The Labute approximate surface area is 121 Å². The van der Waals surface area contributed by atoms with Crippen molar-refractivity contribution in [3.05, 3.63) is 11.4 Å². The molecule has 0 saturated carbocycles. The predicted molar refractivity (Wildman–Crippen MR) is 82.4 cm³/mol. The Hall–Kier alpha value is -1.36. The van der Waals surface area contributed by atoms with Crippen LogP contribution in [-0.2, 0) is 4.74 Å². The molecule has 0 radical (unpaired) electrons. The lowest BCUT2D eigenvalue weighted by molar-refractivity contribution is 0.185. The Balaban J connectivity index is 2.03. The molecule has 2 N–H and O–H groups in total. The highest BCUT2D eigenvalue weighted by Gasteiger charge is 2.16. The Morgan fingerprint density at radius 3 is 2.65 bits per heavy atom. The minimum Gasteiger partial charge on any atom is -0.381 e. The van der Waals surface area contributed by atoms with Crippen molar-refractivity contribution in [2.24, 2.45) is 5.92 Å². The molecule has 5 heteroatoms. The zero-order valence-corrected chi connectivity index (χ0v) is 13.0. The Bertz CT molecular complexity index is 442. The fourth-order valence-electron chi connectivity index (χ4n) is 2.41. The van der Waals surface area contributed by atoms with Crippen molar-refractivity contribution >= 4 is 11.6 Å². The van der Waals surface area contributed by atoms with Crippen LogP contribution in [0.1, 0.15) is 44.0 Å². The van der Waals surface area contributed by atoms with Gasteiger partial charge in [0, 0.05) is 38.3 Å². The molecule has 0 aliphatic carbocycles. The highest BCUT2D eigenvalue weighted by atomic mass is 16.5. The van der Waals surface area contributed by atoms with Crippen LogP contribution in [0.4, 0.5) is 11.6 Å². The second kappa shape index (κ2) is 6.88. The minimum absolute atomic E-state index is 0.325. The van der Waals surface area contributed by atoms with Gasteiger partial charge in [-0.3, -0.25) is 0 Å². The van der Waals surface area contributed by atoms with Gasteiger partial charge in [-0.25, -0.2) is 9.97 Å². The summed E-state index contributed by atoms with van der Waals surface area (Å²) in [6.07, 6.45) is 2.32. The number of ether oxygens (including phenoxy) is 1. The van der Waals surface area contributed by atoms with E-state index in [1.807, 2.05) is 7.05 Å². The topological polar surface area (TPSA) is 59.1 Å². The number of nitrogens with one attached hydrogen (secondary N) is 2. The first kappa shape index (κ1) is 15.0.